The minimum absolute atomic E-state index is 0.181. The Labute approximate surface area is 224 Å². The number of ether oxygens (including phenoxy) is 1. The van der Waals surface area contributed by atoms with Gasteiger partial charge in [-0.1, -0.05) is 54.6 Å². The van der Waals surface area contributed by atoms with Crippen LogP contribution in [0.1, 0.15) is 21.6 Å². The zero-order chi connectivity index (χ0) is 27.1. The van der Waals surface area contributed by atoms with Crippen LogP contribution >= 0.6 is 0 Å². The minimum atomic E-state index is -4.77. The largest absolute Gasteiger partial charge is 0.573 e. The van der Waals surface area contributed by atoms with Crippen LogP contribution in [0.15, 0.2) is 79.3 Å². The van der Waals surface area contributed by atoms with Crippen LogP contribution in [-0.2, 0) is 20.1 Å². The summed E-state index contributed by atoms with van der Waals surface area (Å²) in [4.78, 5) is 21.8. The molecule has 1 aliphatic carbocycles. The van der Waals surface area contributed by atoms with E-state index in [0.29, 0.717) is 35.6 Å². The number of halogens is 3. The highest BCUT2D eigenvalue weighted by Gasteiger charge is 2.56. The van der Waals surface area contributed by atoms with Crippen molar-refractivity contribution in [3.05, 3.63) is 96.1 Å². The number of amides is 1. The quantitative estimate of drug-likeness (QED) is 0.300. The lowest BCUT2D eigenvalue weighted by molar-refractivity contribution is -0.274. The molecule has 2 fully saturated rings. The predicted molar refractivity (Wildman–Crippen MR) is 141 cm³/mol. The van der Waals surface area contributed by atoms with Crippen LogP contribution in [0.5, 0.6) is 5.75 Å². The van der Waals surface area contributed by atoms with Crippen LogP contribution in [-0.4, -0.2) is 51.3 Å². The van der Waals surface area contributed by atoms with Crippen molar-refractivity contribution in [3.8, 4) is 5.75 Å². The third-order valence-electron chi connectivity index (χ3n) is 7.87. The Bertz CT molecular complexity index is 1480. The summed E-state index contributed by atoms with van der Waals surface area (Å²) in [6.07, 6.45) is -1.54. The van der Waals surface area contributed by atoms with Gasteiger partial charge in [-0.2, -0.15) is 0 Å². The molecule has 0 N–H and O–H groups in total. The topological polar surface area (TPSA) is 50.6 Å². The molecular formula is C30H29F3N4O2. The van der Waals surface area contributed by atoms with Gasteiger partial charge in [-0.15, -0.1) is 13.2 Å². The average Bonchev–Trinajstić information content (AvgIpc) is 3.21. The number of carbonyl (C=O) groups is 1. The first-order valence-electron chi connectivity index (χ1n) is 13.0. The number of alkyl halides is 3. The van der Waals surface area contributed by atoms with Crippen LogP contribution in [0.4, 0.5) is 13.2 Å². The third kappa shape index (κ3) is 5.63. The van der Waals surface area contributed by atoms with Crippen molar-refractivity contribution in [3.63, 3.8) is 0 Å². The van der Waals surface area contributed by atoms with Crippen LogP contribution in [0, 0.1) is 17.8 Å². The van der Waals surface area contributed by atoms with Gasteiger partial charge in [0, 0.05) is 46.0 Å². The molecule has 2 aliphatic rings. The van der Waals surface area contributed by atoms with Crippen LogP contribution in [0.25, 0.3) is 10.8 Å². The number of aryl methyl sites for hydroxylation is 1. The van der Waals surface area contributed by atoms with E-state index < -0.39 is 6.36 Å². The van der Waals surface area contributed by atoms with E-state index in [0.717, 1.165) is 19.6 Å². The summed E-state index contributed by atoms with van der Waals surface area (Å²) in [7, 11) is 1.79. The first-order valence-corrected chi connectivity index (χ1v) is 13.0. The fourth-order valence-electron chi connectivity index (χ4n) is 6.03. The predicted octanol–water partition coefficient (Wildman–Crippen LogP) is 5.49. The highest BCUT2D eigenvalue weighted by molar-refractivity contribution is 5.92. The summed E-state index contributed by atoms with van der Waals surface area (Å²) in [5, 5.41) is 2.52. The maximum absolute atomic E-state index is 13.4. The van der Waals surface area contributed by atoms with Gasteiger partial charge in [0.05, 0.1) is 6.33 Å². The maximum atomic E-state index is 13.4. The summed E-state index contributed by atoms with van der Waals surface area (Å²) in [6, 6.07) is 20.7. The Balaban J connectivity index is 1.14. The van der Waals surface area contributed by atoms with Crippen molar-refractivity contribution in [1.29, 1.82) is 0 Å². The second kappa shape index (κ2) is 10.0. The normalized spacial score (nSPS) is 20.7. The van der Waals surface area contributed by atoms with E-state index in [2.05, 4.69) is 57.1 Å². The Morgan fingerprint density at radius 1 is 1.05 bits per heavy atom. The summed E-state index contributed by atoms with van der Waals surface area (Å²) in [5.74, 6) is 0.835. The number of hydrogen-bond acceptors (Lipinski definition) is 4. The molecule has 1 aromatic heterocycles. The Morgan fingerprint density at radius 3 is 2.54 bits per heavy atom. The molecule has 6 rings (SSSR count). The summed E-state index contributed by atoms with van der Waals surface area (Å²) < 4.78 is 44.0. The maximum Gasteiger partial charge on any atom is 0.573 e. The molecule has 3 aromatic carbocycles. The van der Waals surface area contributed by atoms with E-state index in [9.17, 15) is 18.0 Å². The molecule has 0 radical (unpaired) electrons. The zero-order valence-corrected chi connectivity index (χ0v) is 21.5. The second-order valence-electron chi connectivity index (χ2n) is 10.6. The number of fused-ring (bicyclic) bond motifs is 2. The number of nitrogens with zero attached hydrogens (tertiary/aromatic N) is 4. The molecule has 0 bridgehead atoms. The number of carbonyl (C=O) groups excluding carboxylic acids is 1. The fourth-order valence-corrected chi connectivity index (χ4v) is 6.03. The average molecular weight is 535 g/mol. The van der Waals surface area contributed by atoms with Gasteiger partial charge in [-0.05, 0) is 51.8 Å². The third-order valence-corrected chi connectivity index (χ3v) is 7.87. The van der Waals surface area contributed by atoms with E-state index >= 15 is 0 Å². The SMILES string of the molecule is Cn1cnc(C(=O)N(Cc2cccc(OC(F)(F)F)c2)CC2C3CN(Cc4cccc5ccccc45)CC32)c1. The van der Waals surface area contributed by atoms with Crippen molar-refractivity contribution >= 4 is 16.7 Å². The van der Waals surface area contributed by atoms with E-state index in [1.165, 1.54) is 34.5 Å². The van der Waals surface area contributed by atoms with Crippen molar-refractivity contribution in [2.24, 2.45) is 24.8 Å². The summed E-state index contributed by atoms with van der Waals surface area (Å²) in [6.45, 7) is 3.55. The van der Waals surface area contributed by atoms with Gasteiger partial charge in [0.15, 0.2) is 0 Å². The molecule has 202 valence electrons. The molecule has 2 unspecified atom stereocenters. The number of likely N-dealkylation sites (tertiary alicyclic amines) is 1. The number of imidazole rings is 1. The van der Waals surface area contributed by atoms with Crippen LogP contribution in [0.3, 0.4) is 0 Å². The van der Waals surface area contributed by atoms with E-state index in [1.807, 2.05) is 0 Å². The smallest absolute Gasteiger partial charge is 0.406 e. The van der Waals surface area contributed by atoms with Crippen molar-refractivity contribution in [2.75, 3.05) is 19.6 Å². The first-order chi connectivity index (χ1) is 18.7. The molecule has 0 spiro atoms. The molecule has 2 heterocycles. The molecule has 2 atom stereocenters. The highest BCUT2D eigenvalue weighted by atomic mass is 19.4. The fraction of sp³-hybridized carbons (Fsp3) is 0.333. The van der Waals surface area contributed by atoms with Crippen LogP contribution in [0.2, 0.25) is 0 Å². The van der Waals surface area contributed by atoms with Crippen LogP contribution < -0.4 is 4.74 Å². The molecule has 1 aliphatic heterocycles. The number of benzene rings is 3. The number of hydrogen-bond donors (Lipinski definition) is 0. The van der Waals surface area contributed by atoms with Gasteiger partial charge in [-0.25, -0.2) is 4.98 Å². The van der Waals surface area contributed by atoms with E-state index in [1.54, 1.807) is 35.1 Å². The molecule has 1 saturated heterocycles. The van der Waals surface area contributed by atoms with Gasteiger partial charge < -0.3 is 14.2 Å². The molecule has 9 heteroatoms. The lowest BCUT2D eigenvalue weighted by Gasteiger charge is -2.25. The molecule has 39 heavy (non-hydrogen) atoms. The molecular weight excluding hydrogens is 505 g/mol. The van der Waals surface area contributed by atoms with Gasteiger partial charge >= 0.3 is 6.36 Å². The summed E-state index contributed by atoms with van der Waals surface area (Å²) >= 11 is 0. The van der Waals surface area contributed by atoms with Crippen molar-refractivity contribution < 1.29 is 22.7 Å². The van der Waals surface area contributed by atoms with E-state index in [-0.39, 0.29) is 18.2 Å². The van der Waals surface area contributed by atoms with Gasteiger partial charge in [-0.3, -0.25) is 9.69 Å². The van der Waals surface area contributed by atoms with Crippen molar-refractivity contribution in [2.45, 2.75) is 19.5 Å². The number of aromatic nitrogens is 2. The lowest BCUT2D eigenvalue weighted by Crippen LogP contribution is -2.35. The van der Waals surface area contributed by atoms with Crippen molar-refractivity contribution in [1.82, 2.24) is 19.4 Å². The second-order valence-corrected chi connectivity index (χ2v) is 10.6. The summed E-state index contributed by atoms with van der Waals surface area (Å²) in [5.41, 5.74) is 2.21. The highest BCUT2D eigenvalue weighted by Crippen LogP contribution is 2.52. The molecule has 4 aromatic rings. The molecule has 1 amide bonds. The number of rotatable bonds is 8. The van der Waals surface area contributed by atoms with Gasteiger partial charge in [0.25, 0.3) is 5.91 Å². The van der Waals surface area contributed by atoms with Gasteiger partial charge in [0.1, 0.15) is 11.4 Å². The first kappa shape index (κ1) is 25.4. The Morgan fingerprint density at radius 2 is 1.79 bits per heavy atom. The Hall–Kier alpha value is -3.85. The lowest BCUT2D eigenvalue weighted by atomic mass is 10.0. The standard InChI is InChI=1S/C30H29F3N4O2/c1-35-18-28(34-19-35)29(38)37(13-20-6-4-10-23(12-20)39-30(31,32)33)17-27-25-15-36(16-26(25)27)14-22-9-5-8-21-7-2-3-11-24(21)22/h2-12,18-19,25-27H,13-17H2,1H3. The minimum Gasteiger partial charge on any atom is -0.406 e. The molecule has 6 nitrogen and oxygen atoms in total. The zero-order valence-electron chi connectivity index (χ0n) is 21.5. The van der Waals surface area contributed by atoms with Gasteiger partial charge in [0.2, 0.25) is 0 Å². The van der Waals surface area contributed by atoms with E-state index in [4.69, 9.17) is 0 Å². The number of piperidine rings is 1. The monoisotopic (exact) mass is 534 g/mol. The molecule has 1 saturated carbocycles. The Kier molecular flexibility index (Phi) is 6.54.